The highest BCUT2D eigenvalue weighted by Crippen LogP contribution is 2.35. The summed E-state index contributed by atoms with van der Waals surface area (Å²) in [5.41, 5.74) is 0. The van der Waals surface area contributed by atoms with Crippen molar-refractivity contribution in [3.8, 4) is 0 Å². The first-order valence-corrected chi connectivity index (χ1v) is 24.9. The summed E-state index contributed by atoms with van der Waals surface area (Å²) in [7, 11) is 0. The zero-order valence-electron chi connectivity index (χ0n) is 38.6. The van der Waals surface area contributed by atoms with Gasteiger partial charge in [0.15, 0.2) is 40.4 Å². The second-order valence-electron chi connectivity index (χ2n) is 18.0. The molecule has 18 N–H and O–H groups in total. The molecular weight excluding hydrogens is 975 g/mol. The molecular formula is C41H75N7O18S3. The Morgan fingerprint density at radius 1 is 0.551 bits per heavy atom. The zero-order valence-corrected chi connectivity index (χ0v) is 41.0. The molecule has 0 aromatic heterocycles. The molecule has 8 aliphatic rings. The number of hydrogen-bond donors (Lipinski definition) is 18. The predicted molar refractivity (Wildman–Crippen MR) is 254 cm³/mol. The van der Waals surface area contributed by atoms with Crippen molar-refractivity contribution in [3.05, 3.63) is 0 Å². The Kier molecular flexibility index (Phi) is 24.2. The van der Waals surface area contributed by atoms with Crippen molar-refractivity contribution in [1.82, 2.24) is 36.8 Å². The van der Waals surface area contributed by atoms with Gasteiger partial charge >= 0.3 is 0 Å². The van der Waals surface area contributed by atoms with Gasteiger partial charge in [0.1, 0.15) is 61.0 Å². The van der Waals surface area contributed by atoms with E-state index in [1.165, 1.54) is 0 Å². The Labute approximate surface area is 417 Å². The summed E-state index contributed by atoms with van der Waals surface area (Å²) in [6.45, 7) is 3.50. The third kappa shape index (κ3) is 16.2. The summed E-state index contributed by atoms with van der Waals surface area (Å²) in [5, 5.41) is 144. The molecule has 0 saturated carbocycles. The van der Waals surface area contributed by atoms with Gasteiger partial charge in [-0.05, 0) is 55.9 Å². The molecule has 8 fully saturated rings. The smallest absolute Gasteiger partial charge is 0.186 e. The molecule has 0 aliphatic carbocycles. The van der Waals surface area contributed by atoms with Gasteiger partial charge in [0, 0.05) is 70.8 Å². The molecule has 0 radical (unpaired) electrons. The van der Waals surface area contributed by atoms with Crippen LogP contribution in [0.4, 0.5) is 0 Å². The number of nitrogens with one attached hydrogen (secondary N) is 6. The normalized spacial score (nSPS) is 39.6. The van der Waals surface area contributed by atoms with Crippen molar-refractivity contribution >= 4 is 52.0 Å². The maximum Gasteiger partial charge on any atom is 0.186 e. The lowest BCUT2D eigenvalue weighted by atomic mass is 9.84. The summed E-state index contributed by atoms with van der Waals surface area (Å²) >= 11 is 16.6. The molecule has 8 rings (SSSR count). The van der Waals surface area contributed by atoms with Crippen LogP contribution < -0.4 is 31.9 Å². The second-order valence-corrected chi connectivity index (χ2v) is 19.2. The van der Waals surface area contributed by atoms with Crippen molar-refractivity contribution in [2.75, 3.05) is 72.2 Å². The van der Waals surface area contributed by atoms with E-state index in [0.29, 0.717) is 63.5 Å². The molecule has 8 saturated heterocycles. The van der Waals surface area contributed by atoms with E-state index in [1.807, 2.05) is 6.92 Å². The topological polar surface area (TPSA) is 374 Å². The largest absolute Gasteiger partial charge is 0.394 e. The Bertz CT molecular complexity index is 1580. The fraction of sp³-hybridized carbons (Fsp3) is 0.927. The molecule has 400 valence electrons. The minimum atomic E-state index is -1.59. The van der Waals surface area contributed by atoms with Crippen LogP contribution in [0.2, 0.25) is 0 Å². The van der Waals surface area contributed by atoms with Gasteiger partial charge in [-0.2, -0.15) is 0 Å². The molecule has 8 aliphatic heterocycles. The fourth-order valence-electron chi connectivity index (χ4n) is 9.08. The molecule has 20 unspecified atom stereocenters. The number of rotatable bonds is 19. The number of nitrogens with zero attached hydrogens (tertiary/aromatic N) is 1. The third-order valence-electron chi connectivity index (χ3n) is 13.2. The highest BCUT2D eigenvalue weighted by molar-refractivity contribution is 7.80. The molecule has 28 heteroatoms. The van der Waals surface area contributed by atoms with E-state index in [9.17, 15) is 61.3 Å². The van der Waals surface area contributed by atoms with Crippen molar-refractivity contribution < 1.29 is 89.7 Å². The van der Waals surface area contributed by atoms with Crippen molar-refractivity contribution in [3.63, 3.8) is 0 Å². The summed E-state index contributed by atoms with van der Waals surface area (Å²) < 4.78 is 34.6. The van der Waals surface area contributed by atoms with Gasteiger partial charge in [0.05, 0.1) is 37.6 Å². The van der Waals surface area contributed by atoms with Crippen molar-refractivity contribution in [2.24, 2.45) is 11.8 Å². The molecule has 0 spiro atoms. The van der Waals surface area contributed by atoms with Crippen LogP contribution in [0.5, 0.6) is 0 Å². The van der Waals surface area contributed by atoms with Gasteiger partial charge in [-0.1, -0.05) is 26.2 Å². The van der Waals surface area contributed by atoms with E-state index in [4.69, 9.17) is 65.1 Å². The molecule has 8 heterocycles. The lowest BCUT2D eigenvalue weighted by Gasteiger charge is -2.47. The highest BCUT2D eigenvalue weighted by Gasteiger charge is 2.51. The van der Waals surface area contributed by atoms with Crippen molar-refractivity contribution in [2.45, 2.75) is 156 Å². The van der Waals surface area contributed by atoms with Gasteiger partial charge in [0.2, 0.25) is 0 Å². The van der Waals surface area contributed by atoms with Gasteiger partial charge in [-0.3, -0.25) is 4.90 Å². The molecule has 25 nitrogen and oxygen atoms in total. The van der Waals surface area contributed by atoms with Gasteiger partial charge in [-0.15, -0.1) is 0 Å². The minimum absolute atomic E-state index is 0.0731. The van der Waals surface area contributed by atoms with Gasteiger partial charge in [-0.25, -0.2) is 0 Å². The van der Waals surface area contributed by atoms with Crippen LogP contribution in [0, 0.1) is 11.8 Å². The maximum atomic E-state index is 11.3. The summed E-state index contributed by atoms with van der Waals surface area (Å²) in [6, 6.07) is 0. The number of thiocarbonyl (C=S) groups is 3. The van der Waals surface area contributed by atoms with E-state index in [2.05, 4.69) is 36.8 Å². The van der Waals surface area contributed by atoms with Crippen molar-refractivity contribution in [1.29, 1.82) is 0 Å². The van der Waals surface area contributed by atoms with E-state index in [0.717, 1.165) is 12.8 Å². The average molecular weight is 1050 g/mol. The number of aliphatic hydroxyl groups excluding tert-OH is 12. The van der Waals surface area contributed by atoms with E-state index < -0.39 is 136 Å². The van der Waals surface area contributed by atoms with Crippen LogP contribution >= 0.6 is 36.7 Å². The molecule has 20 atom stereocenters. The van der Waals surface area contributed by atoms with Crippen LogP contribution in [0.25, 0.3) is 0 Å². The molecule has 4 bridgehead atoms. The first-order valence-electron chi connectivity index (χ1n) is 23.7. The Morgan fingerprint density at radius 3 is 1.77 bits per heavy atom. The van der Waals surface area contributed by atoms with Crippen LogP contribution in [-0.2, 0) is 28.4 Å². The predicted octanol–water partition coefficient (Wildman–Crippen LogP) is -7.19. The number of aliphatic hydroxyl groups is 12. The summed E-state index contributed by atoms with van der Waals surface area (Å²) in [5.74, 6) is -0.981. The monoisotopic (exact) mass is 1050 g/mol. The van der Waals surface area contributed by atoms with Crippen LogP contribution in [0.1, 0.15) is 45.4 Å². The second kappa shape index (κ2) is 28.7. The average Bonchev–Trinajstić information content (AvgIpc) is 3.33. The number of hydrogen-bond acceptors (Lipinski definition) is 22. The lowest BCUT2D eigenvalue weighted by molar-refractivity contribution is -0.355. The Hall–Kier alpha value is -1.69. The van der Waals surface area contributed by atoms with Crippen LogP contribution in [0.15, 0.2) is 0 Å². The van der Waals surface area contributed by atoms with Gasteiger partial charge in [0.25, 0.3) is 0 Å². The van der Waals surface area contributed by atoms with Crippen LogP contribution in [-0.4, -0.2) is 264 Å². The lowest BCUT2D eigenvalue weighted by Crippen LogP contribution is -2.64. The molecule has 0 aromatic rings. The van der Waals surface area contributed by atoms with E-state index >= 15 is 0 Å². The summed E-state index contributed by atoms with van der Waals surface area (Å²) in [4.78, 5) is 2.05. The van der Waals surface area contributed by atoms with Gasteiger partial charge < -0.3 is 122 Å². The first kappa shape index (κ1) is 58.2. The molecule has 69 heavy (non-hydrogen) atoms. The first-order chi connectivity index (χ1) is 33.0. The minimum Gasteiger partial charge on any atom is -0.394 e. The summed E-state index contributed by atoms with van der Waals surface area (Å²) in [6.07, 6.45) is -19.8. The number of unbranched alkanes of at least 4 members (excludes halogenated alkanes) is 1. The SMILES string of the molecule is CCCCC1C(CNC(=S)NCCN(CCNC(=S)NCC2OC3OC4C(CO)OC(OCCCCC2C(O)C3O)C(O)C4O)CCNC(=S)NC2OC(CO)C(O)C(O)C2O)OC(O)C(O)C1O. The quantitative estimate of drug-likeness (QED) is 0.0535. The number of ether oxygens (including phenoxy) is 6. The fourth-order valence-corrected chi connectivity index (χ4v) is 9.67. The van der Waals surface area contributed by atoms with Crippen LogP contribution in [0.3, 0.4) is 0 Å². The van der Waals surface area contributed by atoms with E-state index in [-0.39, 0.29) is 36.5 Å². The van der Waals surface area contributed by atoms with E-state index in [1.54, 1.807) is 0 Å². The Balaban J connectivity index is 1.15. The zero-order chi connectivity index (χ0) is 50.4. The molecule has 0 aromatic carbocycles. The third-order valence-corrected chi connectivity index (χ3v) is 14.0. The highest BCUT2D eigenvalue weighted by atomic mass is 32.1. The molecule has 0 amide bonds. The standard InChI is InChI=1S/C41H75N7O18S3/c1-2-3-6-19-21(63-36(60)31(57)25(19)51)15-45-39(67)42-8-11-48(13-10-44-41(69)47-35-30(56)28(54)27(53)23(17-49)62-35)12-9-43-40(68)46-16-22-20-7-4-5-14-61-37-33(59)29(55)34(24(18-50)65-37)66-38(64-22)32(58)26(20)52/h19-38,49-60H,2-18H2,1H3,(H2,42,45,67)(H2,43,46,68)(H2,44,47,69). The Morgan fingerprint density at radius 2 is 1.14 bits per heavy atom. The maximum absolute atomic E-state index is 11.3.